The molecule has 270 valence electrons. The van der Waals surface area contributed by atoms with E-state index in [-0.39, 0.29) is 55.0 Å². The monoisotopic (exact) mass is 752 g/mol. The largest absolute Gasteiger partial charge is 0.469 e. The van der Waals surface area contributed by atoms with Crippen LogP contribution in [0, 0.1) is 18.8 Å². The summed E-state index contributed by atoms with van der Waals surface area (Å²) in [6.45, 7) is 4.42. The van der Waals surface area contributed by atoms with Gasteiger partial charge in [0.15, 0.2) is 18.9 Å². The van der Waals surface area contributed by atoms with Gasteiger partial charge in [0.25, 0.3) is 0 Å². The highest BCUT2D eigenvalue weighted by molar-refractivity contribution is 9.10. The molecule has 4 aliphatic rings. The van der Waals surface area contributed by atoms with Crippen molar-refractivity contribution in [2.45, 2.75) is 147 Å². The third-order valence-electron chi connectivity index (χ3n) is 9.95. The molecular weight excluding hydrogens is 696 g/mol. The lowest BCUT2D eigenvalue weighted by atomic mass is 9.89. The highest BCUT2D eigenvalue weighted by Crippen LogP contribution is 2.42. The molecule has 4 fully saturated rings. The van der Waals surface area contributed by atoms with Crippen molar-refractivity contribution >= 4 is 33.2 Å². The zero-order valence-electron chi connectivity index (χ0n) is 29.0. The van der Waals surface area contributed by atoms with Crippen molar-refractivity contribution in [3.8, 4) is 0 Å². The van der Waals surface area contributed by atoms with E-state index in [1.807, 2.05) is 11.3 Å². The van der Waals surface area contributed by atoms with Crippen LogP contribution in [0.15, 0.2) is 34.8 Å². The SMILES string of the molecule is COC(=O)CCCC=CC[C@@H]1[C@@H](C=CC(CCc2cc(Br)c(C)s2)OC2CCCCO2)[C@H](OC2CCCCO2)C[C@@H]1OC1CCCCO1. The Hall–Kier alpha value is -1.11. The number of esters is 1. The van der Waals surface area contributed by atoms with Crippen molar-refractivity contribution in [2.75, 3.05) is 26.9 Å². The number of carbonyl (C=O) groups excluding carboxylic acids is 1. The van der Waals surface area contributed by atoms with E-state index in [1.165, 1.54) is 21.3 Å². The Morgan fingerprint density at radius 1 is 0.958 bits per heavy atom. The summed E-state index contributed by atoms with van der Waals surface area (Å²) < 4.78 is 44.4. The number of unbranched alkanes of at least 4 members (excludes halogenated alkanes) is 1. The van der Waals surface area contributed by atoms with Gasteiger partial charge in [-0.1, -0.05) is 24.3 Å². The summed E-state index contributed by atoms with van der Waals surface area (Å²) in [7, 11) is 1.44. The zero-order chi connectivity index (χ0) is 33.6. The molecule has 8 nitrogen and oxygen atoms in total. The van der Waals surface area contributed by atoms with Crippen LogP contribution < -0.4 is 0 Å². The molecule has 0 N–H and O–H groups in total. The molecule has 48 heavy (non-hydrogen) atoms. The second kappa shape index (κ2) is 20.7. The first-order chi connectivity index (χ1) is 23.5. The molecule has 1 aromatic rings. The maximum Gasteiger partial charge on any atom is 0.305 e. The third kappa shape index (κ3) is 12.3. The van der Waals surface area contributed by atoms with E-state index in [4.69, 9.17) is 33.2 Å². The maximum absolute atomic E-state index is 11.6. The average molecular weight is 754 g/mol. The van der Waals surface area contributed by atoms with Crippen molar-refractivity contribution in [3.63, 3.8) is 0 Å². The summed E-state index contributed by atoms with van der Waals surface area (Å²) in [6.07, 6.45) is 23.5. The standard InChI is InChI=1S/C38H57BrO8S/c1-27-32(39)25-29(48-27)20-18-28(45-36-15-7-10-22-42-36)19-21-31-30(13-5-3-4-6-14-35(40)41-2)33(46-37-16-8-11-23-43-37)26-34(31)47-38-17-9-12-24-44-38/h3,5,19,21,25,28,30-31,33-34,36-38H,4,6-18,20,22-24,26H2,1-2H3/t28?,30-,31-,33+,34-,36?,37?,38?/m1/s1. The Kier molecular flexibility index (Phi) is 16.4. The van der Waals surface area contributed by atoms with E-state index in [1.54, 1.807) is 0 Å². The summed E-state index contributed by atoms with van der Waals surface area (Å²) in [5, 5.41) is 0. The van der Waals surface area contributed by atoms with Gasteiger partial charge in [-0.15, -0.1) is 11.3 Å². The van der Waals surface area contributed by atoms with Crippen molar-refractivity contribution in [1.82, 2.24) is 0 Å². The van der Waals surface area contributed by atoms with E-state index in [9.17, 15) is 4.79 Å². The van der Waals surface area contributed by atoms with Crippen molar-refractivity contribution < 1.29 is 38.0 Å². The number of aryl methyl sites for hydroxylation is 2. The molecule has 1 aromatic heterocycles. The topological polar surface area (TPSA) is 81.7 Å². The van der Waals surface area contributed by atoms with Crippen LogP contribution in [0.1, 0.15) is 106 Å². The number of allylic oxidation sites excluding steroid dienone is 2. The number of methoxy groups -OCH3 is 1. The number of carbonyl (C=O) groups is 1. The lowest BCUT2D eigenvalue weighted by Crippen LogP contribution is -2.31. The number of hydrogen-bond acceptors (Lipinski definition) is 9. The normalized spacial score (nSPS) is 30.7. The molecule has 0 radical (unpaired) electrons. The summed E-state index contributed by atoms with van der Waals surface area (Å²) >= 11 is 5.54. The number of thiophene rings is 1. The van der Waals surface area contributed by atoms with Crippen LogP contribution in [-0.2, 0) is 44.4 Å². The second-order valence-corrected chi connectivity index (χ2v) is 15.8. The van der Waals surface area contributed by atoms with Crippen LogP contribution in [0.2, 0.25) is 0 Å². The molecule has 5 rings (SSSR count). The number of ether oxygens (including phenoxy) is 7. The molecule has 3 aliphatic heterocycles. The molecule has 1 saturated carbocycles. The van der Waals surface area contributed by atoms with Gasteiger partial charge in [-0.2, -0.15) is 0 Å². The fourth-order valence-electron chi connectivity index (χ4n) is 7.23. The minimum Gasteiger partial charge on any atom is -0.469 e. The van der Waals surface area contributed by atoms with Crippen molar-refractivity contribution in [2.24, 2.45) is 11.8 Å². The van der Waals surface area contributed by atoms with E-state index >= 15 is 0 Å². The predicted molar refractivity (Wildman–Crippen MR) is 191 cm³/mol. The first-order valence-electron chi connectivity index (χ1n) is 18.4. The Morgan fingerprint density at radius 3 is 2.23 bits per heavy atom. The Labute approximate surface area is 300 Å². The first-order valence-corrected chi connectivity index (χ1v) is 20.1. The first kappa shape index (κ1) is 38.1. The number of halogens is 1. The fourth-order valence-corrected chi connectivity index (χ4v) is 8.85. The van der Waals surface area contributed by atoms with E-state index in [0.29, 0.717) is 6.42 Å². The number of hydrogen-bond donors (Lipinski definition) is 0. The fraction of sp³-hybridized carbons (Fsp3) is 0.763. The Bertz CT molecular complexity index is 1120. The van der Waals surface area contributed by atoms with Gasteiger partial charge in [0.1, 0.15) is 0 Å². The van der Waals surface area contributed by atoms with Gasteiger partial charge in [0, 0.05) is 52.8 Å². The van der Waals surface area contributed by atoms with Gasteiger partial charge in [-0.25, -0.2) is 0 Å². The van der Waals surface area contributed by atoms with Gasteiger partial charge in [0.2, 0.25) is 0 Å². The van der Waals surface area contributed by atoms with E-state index in [0.717, 1.165) is 116 Å². The minimum absolute atomic E-state index is 0.00329. The second-order valence-electron chi connectivity index (χ2n) is 13.6. The molecule has 1 aliphatic carbocycles. The molecule has 8 atom stereocenters. The van der Waals surface area contributed by atoms with Crippen molar-refractivity contribution in [1.29, 1.82) is 0 Å². The number of rotatable bonds is 17. The van der Waals surface area contributed by atoms with Crippen LogP contribution in [0.4, 0.5) is 0 Å². The summed E-state index contributed by atoms with van der Waals surface area (Å²) in [5.74, 6) is 0.174. The highest BCUT2D eigenvalue weighted by Gasteiger charge is 2.45. The van der Waals surface area contributed by atoms with Gasteiger partial charge < -0.3 is 33.2 Å². The average Bonchev–Trinajstić information content (AvgIpc) is 3.61. The quantitative estimate of drug-likeness (QED) is 0.0887. The Morgan fingerprint density at radius 2 is 1.62 bits per heavy atom. The molecule has 4 heterocycles. The lowest BCUT2D eigenvalue weighted by molar-refractivity contribution is -0.203. The molecule has 10 heteroatoms. The molecule has 0 bridgehead atoms. The molecular formula is C38H57BrO8S. The Balaban J connectivity index is 1.34. The summed E-state index contributed by atoms with van der Waals surface area (Å²) in [4.78, 5) is 14.3. The van der Waals surface area contributed by atoms with Crippen LogP contribution in [0.25, 0.3) is 0 Å². The van der Waals surface area contributed by atoms with Gasteiger partial charge in [0.05, 0.1) is 25.4 Å². The van der Waals surface area contributed by atoms with Crippen LogP contribution in [-0.4, -0.2) is 70.1 Å². The summed E-state index contributed by atoms with van der Waals surface area (Å²) in [5.41, 5.74) is 0. The third-order valence-corrected chi connectivity index (χ3v) is 12.1. The molecule has 4 unspecified atom stereocenters. The zero-order valence-corrected chi connectivity index (χ0v) is 31.4. The summed E-state index contributed by atoms with van der Waals surface area (Å²) in [6, 6.07) is 2.24. The van der Waals surface area contributed by atoms with Crippen LogP contribution in [0.5, 0.6) is 0 Å². The lowest BCUT2D eigenvalue weighted by Gasteiger charge is -2.30. The predicted octanol–water partition coefficient (Wildman–Crippen LogP) is 8.97. The van der Waals surface area contributed by atoms with Crippen LogP contribution >= 0.6 is 27.3 Å². The van der Waals surface area contributed by atoms with E-state index in [2.05, 4.69) is 53.2 Å². The molecule has 0 aromatic carbocycles. The molecule has 0 amide bonds. The van der Waals surface area contributed by atoms with Gasteiger partial charge >= 0.3 is 5.97 Å². The van der Waals surface area contributed by atoms with Gasteiger partial charge in [-0.05, 0) is 125 Å². The van der Waals surface area contributed by atoms with Crippen molar-refractivity contribution in [3.05, 3.63) is 44.6 Å². The smallest absolute Gasteiger partial charge is 0.305 e. The molecule has 0 spiro atoms. The van der Waals surface area contributed by atoms with Gasteiger partial charge in [-0.3, -0.25) is 4.79 Å². The maximum atomic E-state index is 11.6. The highest BCUT2D eigenvalue weighted by atomic mass is 79.9. The van der Waals surface area contributed by atoms with Crippen LogP contribution in [0.3, 0.4) is 0 Å². The minimum atomic E-state index is -0.179. The van der Waals surface area contributed by atoms with E-state index < -0.39 is 0 Å². The molecule has 3 saturated heterocycles.